The molecule has 0 aliphatic carbocycles. The van der Waals surface area contributed by atoms with Crippen LogP contribution in [-0.4, -0.2) is 29.9 Å². The van der Waals surface area contributed by atoms with Crippen LogP contribution in [0.1, 0.15) is 51.9 Å². The number of halogens is 1. The second kappa shape index (κ2) is 7.53. The van der Waals surface area contributed by atoms with Crippen molar-refractivity contribution in [3.8, 4) is 0 Å². The molecule has 0 bridgehead atoms. The molecule has 0 spiro atoms. The maximum atomic E-state index is 5.92. The highest BCUT2D eigenvalue weighted by Gasteiger charge is 2.22. The molecule has 1 aliphatic heterocycles. The van der Waals surface area contributed by atoms with Gasteiger partial charge < -0.3 is 0 Å². The van der Waals surface area contributed by atoms with Crippen molar-refractivity contribution < 1.29 is 0 Å². The normalized spacial score (nSPS) is 23.1. The number of nitrogens with zero attached hydrogens (tertiary/aromatic N) is 1. The lowest BCUT2D eigenvalue weighted by molar-refractivity contribution is 0.264. The zero-order chi connectivity index (χ0) is 10.2. The van der Waals surface area contributed by atoms with E-state index in [1.54, 1.807) is 0 Å². The predicted molar refractivity (Wildman–Crippen MR) is 64.1 cm³/mol. The number of alkyl halides is 1. The zero-order valence-corrected chi connectivity index (χ0v) is 10.2. The molecule has 1 atom stereocenters. The molecule has 84 valence electrons. The molecule has 0 aromatic carbocycles. The van der Waals surface area contributed by atoms with Crippen molar-refractivity contribution in [1.82, 2.24) is 4.90 Å². The molecule has 1 saturated heterocycles. The Morgan fingerprint density at radius 3 is 2.71 bits per heavy atom. The minimum absolute atomic E-state index is 0.683. The van der Waals surface area contributed by atoms with Crippen LogP contribution in [0.4, 0.5) is 0 Å². The lowest BCUT2D eigenvalue weighted by Gasteiger charge is -2.22. The summed E-state index contributed by atoms with van der Waals surface area (Å²) in [6, 6.07) is 0.683. The Bertz CT molecular complexity index is 138. The van der Waals surface area contributed by atoms with Gasteiger partial charge in [0.25, 0.3) is 0 Å². The van der Waals surface area contributed by atoms with E-state index in [1.165, 1.54) is 58.0 Å². The summed E-state index contributed by atoms with van der Waals surface area (Å²) in [6.07, 6.45) is 9.60. The van der Waals surface area contributed by atoms with Crippen LogP contribution in [-0.2, 0) is 0 Å². The molecular formula is C12H24ClN. The summed E-state index contributed by atoms with van der Waals surface area (Å²) in [4.78, 5) is 2.58. The Labute approximate surface area is 93.8 Å². The summed E-state index contributed by atoms with van der Waals surface area (Å²) in [5.74, 6) is 0.828. The fourth-order valence-electron chi connectivity index (χ4n) is 2.28. The van der Waals surface area contributed by atoms with E-state index in [-0.39, 0.29) is 0 Å². The zero-order valence-electron chi connectivity index (χ0n) is 9.47. The molecular weight excluding hydrogens is 194 g/mol. The van der Waals surface area contributed by atoms with Gasteiger partial charge in [0.1, 0.15) is 0 Å². The van der Waals surface area contributed by atoms with E-state index in [9.17, 15) is 0 Å². The molecule has 14 heavy (non-hydrogen) atoms. The van der Waals surface area contributed by atoms with Gasteiger partial charge in [-0.25, -0.2) is 0 Å². The quantitative estimate of drug-likeness (QED) is 0.465. The topological polar surface area (TPSA) is 3.24 Å². The third kappa shape index (κ3) is 4.18. The van der Waals surface area contributed by atoms with Gasteiger partial charge in [0.15, 0.2) is 0 Å². The monoisotopic (exact) mass is 217 g/mol. The van der Waals surface area contributed by atoms with E-state index in [0.29, 0.717) is 6.04 Å². The molecule has 0 amide bonds. The second-order valence-electron chi connectivity index (χ2n) is 4.40. The summed E-state index contributed by atoms with van der Waals surface area (Å²) < 4.78 is 0. The second-order valence-corrected chi connectivity index (χ2v) is 4.71. The first-order valence-corrected chi connectivity index (χ1v) is 6.72. The van der Waals surface area contributed by atoms with Crippen LogP contribution in [0.25, 0.3) is 0 Å². The smallest absolute Gasteiger partial charge is 0.0379 e. The number of hydrogen-bond donors (Lipinski definition) is 0. The van der Waals surface area contributed by atoms with Gasteiger partial charge in [-0.3, -0.25) is 4.90 Å². The van der Waals surface area contributed by atoms with Crippen molar-refractivity contribution in [3.05, 3.63) is 0 Å². The first kappa shape index (κ1) is 12.3. The Balaban J connectivity index is 2.00. The first-order chi connectivity index (χ1) is 6.88. The molecule has 0 saturated carbocycles. The van der Waals surface area contributed by atoms with Crippen molar-refractivity contribution in [2.24, 2.45) is 0 Å². The largest absolute Gasteiger partial charge is 0.299 e. The van der Waals surface area contributed by atoms with Gasteiger partial charge in [-0.2, -0.15) is 0 Å². The van der Waals surface area contributed by atoms with E-state index in [1.807, 2.05) is 0 Å². The molecule has 1 rings (SSSR count). The Hall–Kier alpha value is 0.250. The molecule has 0 N–H and O–H groups in total. The van der Waals surface area contributed by atoms with Gasteiger partial charge in [-0.05, 0) is 32.4 Å². The first-order valence-electron chi connectivity index (χ1n) is 6.18. The van der Waals surface area contributed by atoms with Gasteiger partial charge in [-0.15, -0.1) is 11.6 Å². The summed E-state index contributed by atoms with van der Waals surface area (Å²) in [5.41, 5.74) is 0. The van der Waals surface area contributed by atoms with Gasteiger partial charge in [0, 0.05) is 11.9 Å². The van der Waals surface area contributed by atoms with E-state index >= 15 is 0 Å². The van der Waals surface area contributed by atoms with E-state index in [2.05, 4.69) is 11.8 Å². The molecule has 1 aliphatic rings. The van der Waals surface area contributed by atoms with E-state index in [4.69, 9.17) is 11.6 Å². The number of rotatable bonds is 7. The predicted octanol–water partition coefficient (Wildman–Crippen LogP) is 3.66. The lowest BCUT2D eigenvalue weighted by atomic mass is 10.1. The molecule has 0 aromatic rings. The highest BCUT2D eigenvalue weighted by molar-refractivity contribution is 6.18. The van der Waals surface area contributed by atoms with Crippen LogP contribution >= 0.6 is 11.6 Å². The van der Waals surface area contributed by atoms with E-state index in [0.717, 1.165) is 5.88 Å². The molecule has 1 nitrogen and oxygen atoms in total. The minimum atomic E-state index is 0.683. The van der Waals surface area contributed by atoms with Crippen molar-refractivity contribution in [3.63, 3.8) is 0 Å². The van der Waals surface area contributed by atoms with Gasteiger partial charge in [-0.1, -0.05) is 32.6 Å². The summed E-state index contributed by atoms with van der Waals surface area (Å²) in [5, 5.41) is 0. The van der Waals surface area contributed by atoms with Gasteiger partial charge in [0.2, 0.25) is 0 Å². The molecule has 2 heteroatoms. The molecule has 1 fully saturated rings. The highest BCUT2D eigenvalue weighted by Crippen LogP contribution is 2.19. The standard InChI is InChI=1S/C12H24ClN/c1-2-3-4-5-6-9-14-10-7-8-12(14)11-13/h12H,2-11H2,1H3. The van der Waals surface area contributed by atoms with Crippen molar-refractivity contribution >= 4 is 11.6 Å². The highest BCUT2D eigenvalue weighted by atomic mass is 35.5. The molecule has 1 heterocycles. The summed E-state index contributed by atoms with van der Waals surface area (Å²) in [6.45, 7) is 4.83. The van der Waals surface area contributed by atoms with Crippen molar-refractivity contribution in [1.29, 1.82) is 0 Å². The Kier molecular flexibility index (Phi) is 6.63. The summed E-state index contributed by atoms with van der Waals surface area (Å²) in [7, 11) is 0. The van der Waals surface area contributed by atoms with Gasteiger partial charge in [0.05, 0.1) is 0 Å². The van der Waals surface area contributed by atoms with Crippen LogP contribution in [0.15, 0.2) is 0 Å². The third-order valence-corrected chi connectivity index (χ3v) is 3.58. The maximum absolute atomic E-state index is 5.92. The Morgan fingerprint density at radius 2 is 2.00 bits per heavy atom. The molecule has 0 radical (unpaired) electrons. The molecule has 0 aromatic heterocycles. The molecule has 1 unspecified atom stereocenters. The van der Waals surface area contributed by atoms with Crippen LogP contribution in [0.5, 0.6) is 0 Å². The third-order valence-electron chi connectivity index (χ3n) is 3.23. The van der Waals surface area contributed by atoms with Crippen LogP contribution in [0, 0.1) is 0 Å². The van der Waals surface area contributed by atoms with E-state index < -0.39 is 0 Å². The number of hydrogen-bond acceptors (Lipinski definition) is 1. The number of likely N-dealkylation sites (tertiary alicyclic amines) is 1. The Morgan fingerprint density at radius 1 is 1.21 bits per heavy atom. The fraction of sp³-hybridized carbons (Fsp3) is 1.00. The van der Waals surface area contributed by atoms with Crippen molar-refractivity contribution in [2.45, 2.75) is 57.9 Å². The summed E-state index contributed by atoms with van der Waals surface area (Å²) >= 11 is 5.92. The van der Waals surface area contributed by atoms with Crippen LogP contribution in [0.2, 0.25) is 0 Å². The lowest BCUT2D eigenvalue weighted by Crippen LogP contribution is -2.31. The SMILES string of the molecule is CCCCCCCN1CCCC1CCl. The average Bonchev–Trinajstić information content (AvgIpc) is 2.65. The number of unbranched alkanes of at least 4 members (excludes halogenated alkanes) is 4. The minimum Gasteiger partial charge on any atom is -0.299 e. The van der Waals surface area contributed by atoms with Crippen LogP contribution in [0.3, 0.4) is 0 Å². The average molecular weight is 218 g/mol. The fourth-order valence-corrected chi connectivity index (χ4v) is 2.63. The maximum Gasteiger partial charge on any atom is 0.0379 e. The van der Waals surface area contributed by atoms with Crippen LogP contribution < -0.4 is 0 Å². The van der Waals surface area contributed by atoms with Gasteiger partial charge >= 0.3 is 0 Å². The van der Waals surface area contributed by atoms with Crippen molar-refractivity contribution in [2.75, 3.05) is 19.0 Å².